The van der Waals surface area contributed by atoms with Gasteiger partial charge in [-0.2, -0.15) is 0 Å². The van der Waals surface area contributed by atoms with E-state index in [1.165, 1.54) is 76.6 Å². The van der Waals surface area contributed by atoms with Crippen LogP contribution < -0.4 is 0 Å². The van der Waals surface area contributed by atoms with E-state index in [1.807, 2.05) is 0 Å². The van der Waals surface area contributed by atoms with E-state index in [-0.39, 0.29) is 0 Å². The molecule has 0 saturated heterocycles. The summed E-state index contributed by atoms with van der Waals surface area (Å²) in [5.41, 5.74) is 14.3. The number of aromatic amines is 1. The van der Waals surface area contributed by atoms with Gasteiger partial charge in [0.15, 0.2) is 0 Å². The van der Waals surface area contributed by atoms with E-state index in [4.69, 9.17) is 0 Å². The Morgan fingerprint density at radius 1 is 0.275 bits per heavy atom. The van der Waals surface area contributed by atoms with Crippen molar-refractivity contribution in [2.24, 2.45) is 0 Å². The van der Waals surface area contributed by atoms with Crippen LogP contribution in [0.2, 0.25) is 0 Å². The van der Waals surface area contributed by atoms with Crippen molar-refractivity contribution in [1.82, 2.24) is 14.1 Å². The first-order valence-electron chi connectivity index (χ1n) is 17.5. The Kier molecular flexibility index (Phi) is 5.96. The van der Waals surface area contributed by atoms with Gasteiger partial charge in [-0.25, -0.2) is 0 Å². The second kappa shape index (κ2) is 10.8. The fourth-order valence-corrected chi connectivity index (χ4v) is 8.27. The molecule has 0 atom stereocenters. The molecule has 238 valence electrons. The van der Waals surface area contributed by atoms with Crippen LogP contribution in [-0.4, -0.2) is 14.1 Å². The summed E-state index contributed by atoms with van der Waals surface area (Å²) in [4.78, 5) is 3.70. The summed E-state index contributed by atoms with van der Waals surface area (Å²) in [6.07, 6.45) is 0. The lowest BCUT2D eigenvalue weighted by molar-refractivity contribution is 1.18. The molecule has 3 aromatic heterocycles. The third-order valence-corrected chi connectivity index (χ3v) is 10.6. The van der Waals surface area contributed by atoms with Gasteiger partial charge in [0.05, 0.1) is 22.1 Å². The second-order valence-electron chi connectivity index (χ2n) is 13.5. The zero-order valence-corrected chi connectivity index (χ0v) is 27.7. The quantitative estimate of drug-likeness (QED) is 0.196. The van der Waals surface area contributed by atoms with Crippen LogP contribution in [0.15, 0.2) is 182 Å². The highest BCUT2D eigenvalue weighted by Gasteiger charge is 2.17. The summed E-state index contributed by atoms with van der Waals surface area (Å²) in [6.45, 7) is 0. The minimum Gasteiger partial charge on any atom is -0.355 e. The topological polar surface area (TPSA) is 25.6 Å². The molecule has 0 aliphatic rings. The number of nitrogens with one attached hydrogen (secondary N) is 1. The van der Waals surface area contributed by atoms with Gasteiger partial charge in [-0.3, -0.25) is 0 Å². The number of hydrogen-bond donors (Lipinski definition) is 1. The van der Waals surface area contributed by atoms with Crippen LogP contribution >= 0.6 is 0 Å². The van der Waals surface area contributed by atoms with Crippen LogP contribution in [0.4, 0.5) is 0 Å². The molecule has 11 rings (SSSR count). The minimum absolute atomic E-state index is 1.13. The maximum Gasteiger partial charge on any atom is 0.0541 e. The van der Waals surface area contributed by atoms with Gasteiger partial charge in [-0.15, -0.1) is 0 Å². The maximum atomic E-state index is 3.70. The van der Waals surface area contributed by atoms with E-state index in [2.05, 4.69) is 196 Å². The summed E-state index contributed by atoms with van der Waals surface area (Å²) in [5, 5.41) is 7.46. The molecular weight excluding hydrogens is 619 g/mol. The molecule has 11 aromatic rings. The van der Waals surface area contributed by atoms with E-state index in [9.17, 15) is 0 Å². The summed E-state index contributed by atoms with van der Waals surface area (Å²) >= 11 is 0. The zero-order valence-electron chi connectivity index (χ0n) is 27.7. The van der Waals surface area contributed by atoms with E-state index in [1.54, 1.807) is 0 Å². The molecule has 0 saturated carbocycles. The third kappa shape index (κ3) is 4.25. The number of aromatic nitrogens is 3. The highest BCUT2D eigenvalue weighted by Crippen LogP contribution is 2.39. The molecule has 0 aliphatic carbocycles. The lowest BCUT2D eigenvalue weighted by atomic mass is 10.0. The SMILES string of the molecule is c1ccc(-c2ccc3c(c2)c2cc(-c4ccccc4)ccc2n3-c2ccc3[nH]c4ccc(-n5c6ccccc6c6ccccc65)cc4c3c2)cc1. The van der Waals surface area contributed by atoms with Gasteiger partial charge in [0, 0.05) is 54.7 Å². The first-order valence-corrected chi connectivity index (χ1v) is 17.5. The van der Waals surface area contributed by atoms with E-state index >= 15 is 0 Å². The molecule has 0 spiro atoms. The maximum absolute atomic E-state index is 3.70. The van der Waals surface area contributed by atoms with Gasteiger partial charge in [-0.05, 0) is 95.1 Å². The predicted molar refractivity (Wildman–Crippen MR) is 215 cm³/mol. The smallest absolute Gasteiger partial charge is 0.0541 e. The number of fused-ring (bicyclic) bond motifs is 9. The predicted octanol–water partition coefficient (Wildman–Crippen LogP) is 12.8. The van der Waals surface area contributed by atoms with Crippen LogP contribution in [0.3, 0.4) is 0 Å². The van der Waals surface area contributed by atoms with Gasteiger partial charge >= 0.3 is 0 Å². The van der Waals surface area contributed by atoms with Gasteiger partial charge in [0.2, 0.25) is 0 Å². The normalized spacial score (nSPS) is 11.9. The lowest BCUT2D eigenvalue weighted by Gasteiger charge is -2.10. The average Bonchev–Trinajstić information content (AvgIpc) is 3.85. The number of benzene rings is 8. The molecule has 3 heteroatoms. The number of hydrogen-bond acceptors (Lipinski definition) is 0. The van der Waals surface area contributed by atoms with Crippen molar-refractivity contribution in [3.63, 3.8) is 0 Å². The number of nitrogens with zero attached hydrogens (tertiary/aromatic N) is 2. The summed E-state index contributed by atoms with van der Waals surface area (Å²) in [5.74, 6) is 0. The Bertz CT molecular complexity index is 2970. The van der Waals surface area contributed by atoms with Gasteiger partial charge in [0.25, 0.3) is 0 Å². The summed E-state index contributed by atoms with van der Waals surface area (Å²) in [6, 6.07) is 66.2. The first kappa shape index (κ1) is 28.0. The molecule has 1 N–H and O–H groups in total. The zero-order chi connectivity index (χ0) is 33.5. The Hall–Kier alpha value is -6.84. The Balaban J connectivity index is 1.14. The van der Waals surface area contributed by atoms with Gasteiger partial charge in [-0.1, -0.05) is 109 Å². The lowest BCUT2D eigenvalue weighted by Crippen LogP contribution is -1.94. The fraction of sp³-hybridized carbons (Fsp3) is 0. The van der Waals surface area contributed by atoms with Crippen LogP contribution in [0.1, 0.15) is 0 Å². The van der Waals surface area contributed by atoms with Crippen molar-refractivity contribution in [2.75, 3.05) is 0 Å². The van der Waals surface area contributed by atoms with E-state index in [0.29, 0.717) is 0 Å². The summed E-state index contributed by atoms with van der Waals surface area (Å²) < 4.78 is 4.83. The molecule has 0 bridgehead atoms. The highest BCUT2D eigenvalue weighted by atomic mass is 15.0. The Morgan fingerprint density at radius 2 is 0.686 bits per heavy atom. The minimum atomic E-state index is 1.13. The molecule has 0 radical (unpaired) electrons. The largest absolute Gasteiger partial charge is 0.355 e. The van der Waals surface area contributed by atoms with Crippen LogP contribution in [0.25, 0.3) is 99.0 Å². The molecule has 0 unspecified atom stereocenters. The third-order valence-electron chi connectivity index (χ3n) is 10.6. The Labute approximate surface area is 294 Å². The van der Waals surface area contributed by atoms with Crippen molar-refractivity contribution in [3.05, 3.63) is 182 Å². The molecule has 0 fully saturated rings. The molecule has 8 aromatic carbocycles. The van der Waals surface area contributed by atoms with Crippen LogP contribution in [0, 0.1) is 0 Å². The number of H-pyrrole nitrogens is 1. The van der Waals surface area contributed by atoms with Crippen molar-refractivity contribution in [1.29, 1.82) is 0 Å². The van der Waals surface area contributed by atoms with E-state index < -0.39 is 0 Å². The molecule has 51 heavy (non-hydrogen) atoms. The molecule has 0 aliphatic heterocycles. The van der Waals surface area contributed by atoms with Crippen LogP contribution in [-0.2, 0) is 0 Å². The first-order chi connectivity index (χ1) is 25.3. The van der Waals surface area contributed by atoms with Gasteiger partial charge < -0.3 is 14.1 Å². The van der Waals surface area contributed by atoms with Crippen molar-refractivity contribution in [3.8, 4) is 33.6 Å². The highest BCUT2D eigenvalue weighted by molar-refractivity contribution is 6.14. The van der Waals surface area contributed by atoms with E-state index in [0.717, 1.165) is 22.4 Å². The monoisotopic (exact) mass is 649 g/mol. The second-order valence-corrected chi connectivity index (χ2v) is 13.5. The molecule has 3 nitrogen and oxygen atoms in total. The molecule has 0 amide bonds. The van der Waals surface area contributed by atoms with Crippen molar-refractivity contribution < 1.29 is 0 Å². The van der Waals surface area contributed by atoms with Crippen LogP contribution in [0.5, 0.6) is 0 Å². The number of para-hydroxylation sites is 2. The van der Waals surface area contributed by atoms with Gasteiger partial charge in [0.1, 0.15) is 0 Å². The summed E-state index contributed by atoms with van der Waals surface area (Å²) in [7, 11) is 0. The molecule has 3 heterocycles. The van der Waals surface area contributed by atoms with Crippen molar-refractivity contribution in [2.45, 2.75) is 0 Å². The Morgan fingerprint density at radius 3 is 1.16 bits per heavy atom. The standard InChI is InChI=1S/C48H31N3/c1-3-11-31(12-4-1)33-19-25-47-41(27-33)42-28-34(32-13-5-2-6-14-32)20-26-48(42)51(47)36-22-24-44-40(30-36)39-29-35(21-23-43(39)49-44)50-45-17-9-7-15-37(45)38-16-8-10-18-46(38)50/h1-30,49H. The number of rotatable bonds is 4. The van der Waals surface area contributed by atoms with Crippen molar-refractivity contribution >= 4 is 65.4 Å². The molecular formula is C48H31N3. The fourth-order valence-electron chi connectivity index (χ4n) is 8.27. The average molecular weight is 650 g/mol.